The average molecular weight is 472 g/mol. The van der Waals surface area contributed by atoms with Gasteiger partial charge in [-0.1, -0.05) is 51.8 Å². The molecule has 3 aromatic carbocycles. The summed E-state index contributed by atoms with van der Waals surface area (Å²) in [6.07, 6.45) is 1.55. The van der Waals surface area contributed by atoms with E-state index in [1.54, 1.807) is 24.3 Å². The first kappa shape index (κ1) is 20.7. The van der Waals surface area contributed by atoms with Gasteiger partial charge in [0.25, 0.3) is 0 Å². The van der Waals surface area contributed by atoms with Gasteiger partial charge in [0.05, 0.1) is 23.3 Å². The molecule has 0 atom stereocenters. The van der Waals surface area contributed by atoms with Gasteiger partial charge in [-0.25, -0.2) is 5.43 Å². The summed E-state index contributed by atoms with van der Waals surface area (Å²) in [5.74, 6) is -0.259. The molecular formula is C21H16BrClN4O2. The molecule has 2 N–H and O–H groups in total. The fraction of sp³-hybridized carbons (Fsp3) is 0.0476. The minimum absolute atomic E-state index is 0.00704. The van der Waals surface area contributed by atoms with Gasteiger partial charge in [0.15, 0.2) is 0 Å². The molecule has 3 rings (SSSR count). The van der Waals surface area contributed by atoms with Crippen LogP contribution in [0.25, 0.3) is 0 Å². The van der Waals surface area contributed by atoms with E-state index in [4.69, 9.17) is 11.6 Å². The summed E-state index contributed by atoms with van der Waals surface area (Å²) >= 11 is 9.40. The molecule has 0 aliphatic heterocycles. The lowest BCUT2D eigenvalue weighted by Gasteiger charge is -2.02. The number of nitrogens with zero attached hydrogens (tertiary/aromatic N) is 3. The number of hydrogen-bond donors (Lipinski definition) is 2. The van der Waals surface area contributed by atoms with Crippen molar-refractivity contribution in [2.24, 2.45) is 15.3 Å². The van der Waals surface area contributed by atoms with Gasteiger partial charge >= 0.3 is 0 Å². The summed E-state index contributed by atoms with van der Waals surface area (Å²) in [6, 6.07) is 19.2. The van der Waals surface area contributed by atoms with E-state index in [1.165, 1.54) is 12.3 Å². The maximum Gasteiger partial charge on any atom is 0.244 e. The Morgan fingerprint density at radius 3 is 2.59 bits per heavy atom. The van der Waals surface area contributed by atoms with E-state index >= 15 is 0 Å². The first-order valence-electron chi connectivity index (χ1n) is 8.57. The number of hydrazone groups is 1. The zero-order valence-electron chi connectivity index (χ0n) is 15.1. The van der Waals surface area contributed by atoms with E-state index in [0.29, 0.717) is 22.0 Å². The molecule has 0 aromatic heterocycles. The third-order valence-corrected chi connectivity index (χ3v) is 4.66. The highest BCUT2D eigenvalue weighted by molar-refractivity contribution is 9.10. The Balaban J connectivity index is 1.64. The van der Waals surface area contributed by atoms with Crippen LogP contribution >= 0.6 is 27.5 Å². The molecule has 146 valence electrons. The van der Waals surface area contributed by atoms with Crippen LogP contribution in [0.3, 0.4) is 0 Å². The molecule has 3 aromatic rings. The Hall–Kier alpha value is -3.03. The number of halogens is 2. The zero-order valence-corrected chi connectivity index (χ0v) is 17.4. The quantitative estimate of drug-likeness (QED) is 0.266. The van der Waals surface area contributed by atoms with Crippen molar-refractivity contribution in [3.63, 3.8) is 0 Å². The fourth-order valence-electron chi connectivity index (χ4n) is 2.35. The summed E-state index contributed by atoms with van der Waals surface area (Å²) in [6.45, 7) is 0. The number of phenols is 1. The number of amides is 1. The van der Waals surface area contributed by atoms with Gasteiger partial charge in [0.2, 0.25) is 5.91 Å². The number of carbonyl (C=O) groups is 1. The van der Waals surface area contributed by atoms with Crippen molar-refractivity contribution in [1.29, 1.82) is 0 Å². The number of azo groups is 1. The topological polar surface area (TPSA) is 86.4 Å². The van der Waals surface area contributed by atoms with Crippen molar-refractivity contribution >= 4 is 51.0 Å². The van der Waals surface area contributed by atoms with Crippen LogP contribution in [0, 0.1) is 0 Å². The standard InChI is InChI=1S/C21H16BrClN4O2/c22-16-7-5-14(6-8-16)11-21(29)27-24-13-15-12-17(9-10-20(15)28)25-26-19-4-2-1-3-18(19)23/h1-10,12-13,28H,11H2,(H,27,29). The molecule has 1 amide bonds. The highest BCUT2D eigenvalue weighted by atomic mass is 79.9. The largest absolute Gasteiger partial charge is 0.507 e. The van der Waals surface area contributed by atoms with Crippen LogP contribution in [0.1, 0.15) is 11.1 Å². The number of aromatic hydroxyl groups is 1. The number of benzene rings is 3. The van der Waals surface area contributed by atoms with E-state index in [2.05, 4.69) is 36.7 Å². The van der Waals surface area contributed by atoms with Gasteiger partial charge in [0, 0.05) is 10.0 Å². The number of phenolic OH excluding ortho intramolecular Hbond substituents is 1. The average Bonchev–Trinajstić information content (AvgIpc) is 2.71. The molecule has 0 bridgehead atoms. The van der Waals surface area contributed by atoms with Gasteiger partial charge in [-0.3, -0.25) is 4.79 Å². The molecule has 0 aliphatic carbocycles. The third-order valence-electron chi connectivity index (χ3n) is 3.81. The highest BCUT2D eigenvalue weighted by Gasteiger charge is 2.04. The summed E-state index contributed by atoms with van der Waals surface area (Å²) in [7, 11) is 0. The minimum Gasteiger partial charge on any atom is -0.507 e. The lowest BCUT2D eigenvalue weighted by atomic mass is 10.1. The second-order valence-electron chi connectivity index (χ2n) is 5.99. The van der Waals surface area contributed by atoms with Crippen LogP contribution < -0.4 is 5.43 Å². The first-order valence-corrected chi connectivity index (χ1v) is 9.74. The van der Waals surface area contributed by atoms with Crippen LogP contribution in [-0.2, 0) is 11.2 Å². The van der Waals surface area contributed by atoms with Crippen molar-refractivity contribution in [3.8, 4) is 5.75 Å². The number of carbonyl (C=O) groups excluding carboxylic acids is 1. The maximum absolute atomic E-state index is 12.0. The second kappa shape index (κ2) is 9.95. The molecule has 8 heteroatoms. The van der Waals surface area contributed by atoms with E-state index < -0.39 is 0 Å². The Labute approximate surface area is 181 Å². The van der Waals surface area contributed by atoms with Gasteiger partial charge in [0.1, 0.15) is 11.4 Å². The van der Waals surface area contributed by atoms with Gasteiger partial charge in [-0.05, 0) is 48.0 Å². The lowest BCUT2D eigenvalue weighted by Crippen LogP contribution is -2.19. The lowest BCUT2D eigenvalue weighted by molar-refractivity contribution is -0.120. The molecule has 6 nitrogen and oxygen atoms in total. The summed E-state index contributed by atoms with van der Waals surface area (Å²) in [4.78, 5) is 12.0. The van der Waals surface area contributed by atoms with E-state index in [-0.39, 0.29) is 18.1 Å². The molecule has 0 radical (unpaired) electrons. The SMILES string of the molecule is O=C(Cc1ccc(Br)cc1)NN=Cc1cc(N=Nc2ccccc2Cl)ccc1O. The molecule has 0 saturated heterocycles. The van der Waals surface area contributed by atoms with E-state index in [9.17, 15) is 9.90 Å². The molecular weight excluding hydrogens is 456 g/mol. The first-order chi connectivity index (χ1) is 14.0. The Bertz CT molecular complexity index is 1070. The predicted molar refractivity (Wildman–Crippen MR) is 117 cm³/mol. The second-order valence-corrected chi connectivity index (χ2v) is 7.31. The summed E-state index contributed by atoms with van der Waals surface area (Å²) in [5.41, 5.74) is 4.75. The fourth-order valence-corrected chi connectivity index (χ4v) is 2.79. The number of hydrogen-bond acceptors (Lipinski definition) is 5. The Morgan fingerprint density at radius 2 is 1.83 bits per heavy atom. The monoisotopic (exact) mass is 470 g/mol. The molecule has 0 heterocycles. The molecule has 0 fully saturated rings. The van der Waals surface area contributed by atoms with Crippen molar-refractivity contribution < 1.29 is 9.90 Å². The van der Waals surface area contributed by atoms with Gasteiger partial charge in [-0.2, -0.15) is 10.2 Å². The molecule has 0 spiro atoms. The van der Waals surface area contributed by atoms with Crippen molar-refractivity contribution in [1.82, 2.24) is 5.43 Å². The Morgan fingerprint density at radius 1 is 1.07 bits per heavy atom. The Kier molecular flexibility index (Phi) is 7.10. The van der Waals surface area contributed by atoms with Crippen LogP contribution in [0.5, 0.6) is 5.75 Å². The molecule has 0 saturated carbocycles. The van der Waals surface area contributed by atoms with Crippen LogP contribution in [0.4, 0.5) is 11.4 Å². The van der Waals surface area contributed by atoms with Crippen LogP contribution in [0.2, 0.25) is 5.02 Å². The van der Waals surface area contributed by atoms with E-state index in [0.717, 1.165) is 10.0 Å². The minimum atomic E-state index is -0.266. The smallest absolute Gasteiger partial charge is 0.244 e. The van der Waals surface area contributed by atoms with Crippen molar-refractivity contribution in [3.05, 3.63) is 87.4 Å². The van der Waals surface area contributed by atoms with Crippen LogP contribution in [-0.4, -0.2) is 17.2 Å². The number of nitrogens with one attached hydrogen (secondary N) is 1. The number of rotatable bonds is 6. The summed E-state index contributed by atoms with van der Waals surface area (Å²) in [5, 5.41) is 22.6. The van der Waals surface area contributed by atoms with Crippen molar-refractivity contribution in [2.75, 3.05) is 0 Å². The zero-order chi connectivity index (χ0) is 20.6. The highest BCUT2D eigenvalue weighted by Crippen LogP contribution is 2.27. The molecule has 0 unspecified atom stereocenters. The maximum atomic E-state index is 12.0. The van der Waals surface area contributed by atoms with Crippen LogP contribution in [0.15, 0.2) is 86.5 Å². The third kappa shape index (κ3) is 6.23. The van der Waals surface area contributed by atoms with Crippen molar-refractivity contribution in [2.45, 2.75) is 6.42 Å². The normalized spacial score (nSPS) is 11.2. The predicted octanol–water partition coefficient (Wildman–Crippen LogP) is 5.92. The molecule has 29 heavy (non-hydrogen) atoms. The van der Waals surface area contributed by atoms with Gasteiger partial charge < -0.3 is 5.11 Å². The summed E-state index contributed by atoms with van der Waals surface area (Å²) < 4.78 is 0.946. The van der Waals surface area contributed by atoms with E-state index in [1.807, 2.05) is 36.4 Å². The molecule has 0 aliphatic rings. The van der Waals surface area contributed by atoms with Gasteiger partial charge in [-0.15, -0.1) is 5.11 Å².